The molecule has 0 radical (unpaired) electrons. The second-order valence-corrected chi connectivity index (χ2v) is 2.70. The van der Waals surface area contributed by atoms with Crippen LogP contribution in [0.4, 0.5) is 17.6 Å². The second kappa shape index (κ2) is 6.35. The molecule has 0 bridgehead atoms. The highest BCUT2D eigenvalue weighted by atomic mass is 19.4. The summed E-state index contributed by atoms with van der Waals surface area (Å²) < 4.78 is 51.6. The largest absolute Gasteiger partial charge is 0.573 e. The van der Waals surface area contributed by atoms with Crippen molar-refractivity contribution in [3.8, 4) is 5.75 Å². The zero-order valence-corrected chi connectivity index (χ0v) is 9.36. The fourth-order valence-corrected chi connectivity index (χ4v) is 1.02. The van der Waals surface area contributed by atoms with Crippen molar-refractivity contribution in [3.05, 3.63) is 29.6 Å². The molecule has 0 saturated heterocycles. The second-order valence-electron chi connectivity index (χ2n) is 2.70. The van der Waals surface area contributed by atoms with Gasteiger partial charge in [-0.1, -0.05) is 20.8 Å². The normalized spacial score (nSPS) is 10.4. The van der Waals surface area contributed by atoms with Gasteiger partial charge in [0, 0.05) is 6.07 Å². The van der Waals surface area contributed by atoms with E-state index in [1.807, 2.05) is 13.8 Å². The average molecular weight is 238 g/mol. The Kier molecular flexibility index (Phi) is 5.85. The molecule has 0 aromatic heterocycles. The number of halogens is 4. The van der Waals surface area contributed by atoms with Gasteiger partial charge in [-0.3, -0.25) is 0 Å². The van der Waals surface area contributed by atoms with Crippen molar-refractivity contribution in [2.45, 2.75) is 33.6 Å². The lowest BCUT2D eigenvalue weighted by Gasteiger charge is -2.09. The van der Waals surface area contributed by atoms with Crippen LogP contribution in [-0.4, -0.2) is 6.36 Å². The lowest BCUT2D eigenvalue weighted by Crippen LogP contribution is -2.17. The van der Waals surface area contributed by atoms with Gasteiger partial charge in [0.15, 0.2) is 0 Å². The third kappa shape index (κ3) is 5.58. The first kappa shape index (κ1) is 14.7. The molecule has 92 valence electrons. The van der Waals surface area contributed by atoms with Crippen LogP contribution in [0.2, 0.25) is 0 Å². The number of alkyl halides is 3. The number of rotatable bonds is 2. The average Bonchev–Trinajstić information content (AvgIpc) is 2.17. The fourth-order valence-electron chi connectivity index (χ4n) is 1.02. The number of hydrogen-bond acceptors (Lipinski definition) is 1. The maximum Gasteiger partial charge on any atom is 0.573 e. The van der Waals surface area contributed by atoms with Crippen molar-refractivity contribution < 1.29 is 22.3 Å². The van der Waals surface area contributed by atoms with Crippen LogP contribution in [0, 0.1) is 5.82 Å². The Morgan fingerprint density at radius 3 is 2.12 bits per heavy atom. The topological polar surface area (TPSA) is 9.23 Å². The summed E-state index contributed by atoms with van der Waals surface area (Å²) in [6.07, 6.45) is -4.33. The first-order valence-corrected chi connectivity index (χ1v) is 4.96. The lowest BCUT2D eigenvalue weighted by atomic mass is 10.1. The lowest BCUT2D eigenvalue weighted by molar-refractivity contribution is -0.274. The van der Waals surface area contributed by atoms with E-state index in [1.54, 1.807) is 6.92 Å². The Morgan fingerprint density at radius 1 is 1.12 bits per heavy atom. The van der Waals surface area contributed by atoms with Gasteiger partial charge < -0.3 is 4.74 Å². The smallest absolute Gasteiger partial charge is 0.406 e. The van der Waals surface area contributed by atoms with Crippen LogP contribution >= 0.6 is 0 Å². The van der Waals surface area contributed by atoms with Crippen molar-refractivity contribution in [1.82, 2.24) is 0 Å². The molecule has 0 N–H and O–H groups in total. The Hall–Kier alpha value is -1.26. The molecule has 0 amide bonds. The standard InChI is InChI=1S/C9H8F4O.C2H6/c1-2-6-3-7(10)5-8(4-6)14-9(11,12)13;1-2/h3-5H,2H2,1H3;1-2H3. The molecule has 1 aromatic rings. The predicted octanol–water partition coefficient (Wildman–Crippen LogP) is 4.31. The van der Waals surface area contributed by atoms with Crippen molar-refractivity contribution >= 4 is 0 Å². The van der Waals surface area contributed by atoms with Gasteiger partial charge in [0.25, 0.3) is 0 Å². The van der Waals surface area contributed by atoms with E-state index >= 15 is 0 Å². The van der Waals surface area contributed by atoms with E-state index in [4.69, 9.17) is 0 Å². The van der Waals surface area contributed by atoms with E-state index in [2.05, 4.69) is 4.74 Å². The number of hydrogen-bond donors (Lipinski definition) is 0. The number of ether oxygens (including phenoxy) is 1. The molecule has 1 nitrogen and oxygen atoms in total. The molecular formula is C11H14F4O. The minimum Gasteiger partial charge on any atom is -0.406 e. The summed E-state index contributed by atoms with van der Waals surface area (Å²) in [7, 11) is 0. The quantitative estimate of drug-likeness (QED) is 0.697. The molecule has 0 aliphatic rings. The Labute approximate surface area is 92.0 Å². The third-order valence-electron chi connectivity index (χ3n) is 1.57. The van der Waals surface area contributed by atoms with Crippen LogP contribution in [0.1, 0.15) is 26.3 Å². The third-order valence-corrected chi connectivity index (χ3v) is 1.57. The van der Waals surface area contributed by atoms with E-state index < -0.39 is 17.9 Å². The van der Waals surface area contributed by atoms with E-state index in [9.17, 15) is 17.6 Å². The van der Waals surface area contributed by atoms with Gasteiger partial charge in [0.2, 0.25) is 0 Å². The zero-order chi connectivity index (χ0) is 12.8. The van der Waals surface area contributed by atoms with Crippen LogP contribution in [0.5, 0.6) is 5.75 Å². The van der Waals surface area contributed by atoms with Crippen molar-refractivity contribution in [3.63, 3.8) is 0 Å². The first-order chi connectivity index (χ1) is 7.40. The highest BCUT2D eigenvalue weighted by Gasteiger charge is 2.31. The minimum atomic E-state index is -4.78. The molecule has 0 spiro atoms. The zero-order valence-electron chi connectivity index (χ0n) is 9.36. The Morgan fingerprint density at radius 2 is 1.69 bits per heavy atom. The number of benzene rings is 1. The van der Waals surface area contributed by atoms with Crippen molar-refractivity contribution in [1.29, 1.82) is 0 Å². The molecule has 1 rings (SSSR count). The van der Waals surface area contributed by atoms with Crippen LogP contribution in [0.25, 0.3) is 0 Å². The monoisotopic (exact) mass is 238 g/mol. The molecule has 16 heavy (non-hydrogen) atoms. The summed E-state index contributed by atoms with van der Waals surface area (Å²) in [6.45, 7) is 5.71. The SMILES string of the molecule is CC.CCc1cc(F)cc(OC(F)(F)F)c1. The van der Waals surface area contributed by atoms with Crippen LogP contribution in [0.3, 0.4) is 0 Å². The minimum absolute atomic E-state index is 0.450. The molecular weight excluding hydrogens is 224 g/mol. The van der Waals surface area contributed by atoms with E-state index in [-0.39, 0.29) is 0 Å². The Bertz CT molecular complexity index is 320. The van der Waals surface area contributed by atoms with Gasteiger partial charge in [0.05, 0.1) is 0 Å². The molecule has 1 aromatic carbocycles. The summed E-state index contributed by atoms with van der Waals surface area (Å²) in [6, 6.07) is 3.03. The summed E-state index contributed by atoms with van der Waals surface area (Å²) in [4.78, 5) is 0. The molecule has 5 heteroatoms. The maximum absolute atomic E-state index is 12.7. The van der Waals surface area contributed by atoms with Gasteiger partial charge in [-0.15, -0.1) is 13.2 Å². The van der Waals surface area contributed by atoms with Gasteiger partial charge in [-0.25, -0.2) is 4.39 Å². The van der Waals surface area contributed by atoms with E-state index in [1.165, 1.54) is 6.07 Å². The van der Waals surface area contributed by atoms with E-state index in [0.29, 0.717) is 18.1 Å². The van der Waals surface area contributed by atoms with E-state index in [0.717, 1.165) is 6.07 Å². The summed E-state index contributed by atoms with van der Waals surface area (Å²) >= 11 is 0. The molecule has 0 atom stereocenters. The first-order valence-electron chi connectivity index (χ1n) is 4.96. The molecule has 0 saturated carbocycles. The summed E-state index contributed by atoms with van der Waals surface area (Å²) in [5, 5.41) is 0. The van der Waals surface area contributed by atoms with Crippen molar-refractivity contribution in [2.24, 2.45) is 0 Å². The van der Waals surface area contributed by atoms with Crippen molar-refractivity contribution in [2.75, 3.05) is 0 Å². The molecule has 0 aliphatic heterocycles. The highest BCUT2D eigenvalue weighted by molar-refractivity contribution is 5.29. The van der Waals surface area contributed by atoms with Crippen LogP contribution in [0.15, 0.2) is 18.2 Å². The molecule has 0 unspecified atom stereocenters. The molecule has 0 aliphatic carbocycles. The molecule has 0 fully saturated rings. The van der Waals surface area contributed by atoms with Gasteiger partial charge in [-0.05, 0) is 24.1 Å². The van der Waals surface area contributed by atoms with Gasteiger partial charge >= 0.3 is 6.36 Å². The maximum atomic E-state index is 12.7. The summed E-state index contributed by atoms with van der Waals surface area (Å²) in [5.41, 5.74) is 0.462. The fraction of sp³-hybridized carbons (Fsp3) is 0.455. The van der Waals surface area contributed by atoms with Crippen LogP contribution in [-0.2, 0) is 6.42 Å². The Balaban J connectivity index is 0.00000106. The van der Waals surface area contributed by atoms with Gasteiger partial charge in [0.1, 0.15) is 11.6 Å². The van der Waals surface area contributed by atoms with Gasteiger partial charge in [-0.2, -0.15) is 0 Å². The predicted molar refractivity (Wildman–Crippen MR) is 53.8 cm³/mol. The highest BCUT2D eigenvalue weighted by Crippen LogP contribution is 2.24. The molecule has 0 heterocycles. The summed E-state index contributed by atoms with van der Waals surface area (Å²) in [5.74, 6) is -1.25. The van der Waals surface area contributed by atoms with Crippen LogP contribution < -0.4 is 4.74 Å². The number of aryl methyl sites for hydroxylation is 1.